The molecule has 7 heteroatoms. The third kappa shape index (κ3) is 2.98. The molecule has 1 saturated heterocycles. The fraction of sp³-hybridized carbons (Fsp3) is 0.533. The molecule has 0 unspecified atom stereocenters. The molecule has 1 N–H and O–H groups in total. The van der Waals surface area contributed by atoms with Gasteiger partial charge in [0.1, 0.15) is 12.1 Å². The van der Waals surface area contributed by atoms with Crippen LogP contribution in [0, 0.1) is 0 Å². The van der Waals surface area contributed by atoms with E-state index in [4.69, 9.17) is 4.42 Å². The molecule has 118 valence electrons. The first kappa shape index (κ1) is 14.6. The number of piperidine rings is 1. The Kier molecular flexibility index (Phi) is 4.41. The van der Waals surface area contributed by atoms with Gasteiger partial charge in [0.2, 0.25) is 0 Å². The van der Waals surface area contributed by atoms with E-state index < -0.39 is 0 Å². The molecule has 0 aliphatic carbocycles. The highest BCUT2D eigenvalue weighted by molar-refractivity contribution is 5.74. The van der Waals surface area contributed by atoms with Crippen molar-refractivity contribution in [2.75, 3.05) is 6.54 Å². The van der Waals surface area contributed by atoms with Crippen molar-refractivity contribution in [3.8, 4) is 0 Å². The van der Waals surface area contributed by atoms with Crippen LogP contribution in [0.2, 0.25) is 0 Å². The predicted molar refractivity (Wildman–Crippen MR) is 79.9 cm³/mol. The summed E-state index contributed by atoms with van der Waals surface area (Å²) in [4.78, 5) is 14.4. The topological polar surface area (TPSA) is 76.2 Å². The van der Waals surface area contributed by atoms with Crippen molar-refractivity contribution in [3.05, 3.63) is 36.3 Å². The number of hydrogen-bond donors (Lipinski definition) is 1. The van der Waals surface area contributed by atoms with Gasteiger partial charge in [-0.2, -0.15) is 0 Å². The molecule has 0 saturated carbocycles. The van der Waals surface area contributed by atoms with Crippen molar-refractivity contribution in [1.29, 1.82) is 0 Å². The maximum Gasteiger partial charge on any atom is 0.318 e. The van der Waals surface area contributed by atoms with Gasteiger partial charge in [-0.25, -0.2) is 4.79 Å². The molecule has 3 heterocycles. The average Bonchev–Trinajstić information content (AvgIpc) is 3.23. The highest BCUT2D eigenvalue weighted by atomic mass is 16.3. The van der Waals surface area contributed by atoms with E-state index >= 15 is 0 Å². The third-order valence-corrected chi connectivity index (χ3v) is 4.04. The van der Waals surface area contributed by atoms with Crippen LogP contribution in [0.15, 0.2) is 29.1 Å². The predicted octanol–water partition coefficient (Wildman–Crippen LogP) is 2.33. The minimum Gasteiger partial charge on any atom is -0.467 e. The number of carbonyl (C=O) groups is 1. The second kappa shape index (κ2) is 6.64. The summed E-state index contributed by atoms with van der Waals surface area (Å²) in [5.41, 5.74) is 0. The van der Waals surface area contributed by atoms with Crippen LogP contribution in [0.4, 0.5) is 4.79 Å². The van der Waals surface area contributed by atoms with Gasteiger partial charge in [-0.05, 0) is 38.3 Å². The van der Waals surface area contributed by atoms with E-state index in [1.54, 1.807) is 12.6 Å². The number of furan rings is 1. The first-order valence-corrected chi connectivity index (χ1v) is 7.74. The summed E-state index contributed by atoms with van der Waals surface area (Å²) in [5.74, 6) is 1.62. The molecular formula is C15H21N5O2. The van der Waals surface area contributed by atoms with Crippen LogP contribution in [-0.2, 0) is 13.1 Å². The van der Waals surface area contributed by atoms with Gasteiger partial charge in [-0.15, -0.1) is 10.2 Å². The van der Waals surface area contributed by atoms with Crippen LogP contribution in [0.1, 0.15) is 43.8 Å². The fourth-order valence-corrected chi connectivity index (χ4v) is 2.89. The number of rotatable bonds is 4. The van der Waals surface area contributed by atoms with Crippen molar-refractivity contribution in [2.24, 2.45) is 0 Å². The summed E-state index contributed by atoms with van der Waals surface area (Å²) in [7, 11) is 0. The molecule has 3 rings (SSSR count). The Labute approximate surface area is 129 Å². The molecule has 0 spiro atoms. The average molecular weight is 303 g/mol. The number of carbonyl (C=O) groups excluding carboxylic acids is 1. The van der Waals surface area contributed by atoms with E-state index in [0.29, 0.717) is 6.54 Å². The van der Waals surface area contributed by atoms with E-state index in [-0.39, 0.29) is 12.1 Å². The number of likely N-dealkylation sites (tertiary alicyclic amines) is 1. The number of nitrogens with one attached hydrogen (secondary N) is 1. The Morgan fingerprint density at radius 3 is 3.18 bits per heavy atom. The summed E-state index contributed by atoms with van der Waals surface area (Å²) in [6.07, 6.45) is 6.37. The van der Waals surface area contributed by atoms with Crippen molar-refractivity contribution in [1.82, 2.24) is 25.0 Å². The highest BCUT2D eigenvalue weighted by Crippen LogP contribution is 2.29. The van der Waals surface area contributed by atoms with Gasteiger partial charge >= 0.3 is 6.03 Å². The fourth-order valence-electron chi connectivity index (χ4n) is 2.89. The zero-order chi connectivity index (χ0) is 15.4. The van der Waals surface area contributed by atoms with Crippen molar-refractivity contribution in [2.45, 2.75) is 45.3 Å². The lowest BCUT2D eigenvalue weighted by Gasteiger charge is -2.35. The standard InChI is InChI=1S/C15H21N5O2/c1-2-19-11-17-18-14(19)13-7-3-4-8-20(13)15(21)16-10-12-6-5-9-22-12/h5-6,9,11,13H,2-4,7-8,10H2,1H3,(H,16,21)/t13-/m1/s1. The molecule has 0 radical (unpaired) electrons. The summed E-state index contributed by atoms with van der Waals surface area (Å²) < 4.78 is 7.25. The van der Waals surface area contributed by atoms with Crippen molar-refractivity contribution < 1.29 is 9.21 Å². The van der Waals surface area contributed by atoms with Gasteiger partial charge in [-0.3, -0.25) is 0 Å². The van der Waals surface area contributed by atoms with Gasteiger partial charge in [0.05, 0.1) is 18.8 Å². The first-order chi connectivity index (χ1) is 10.8. The molecule has 7 nitrogen and oxygen atoms in total. The molecule has 1 fully saturated rings. The van der Waals surface area contributed by atoms with Gasteiger partial charge in [0.15, 0.2) is 5.82 Å². The van der Waals surface area contributed by atoms with Crippen LogP contribution in [0.3, 0.4) is 0 Å². The Hall–Kier alpha value is -2.31. The van der Waals surface area contributed by atoms with Gasteiger partial charge < -0.3 is 19.2 Å². The molecule has 2 aromatic heterocycles. The minimum absolute atomic E-state index is 0.00667. The summed E-state index contributed by atoms with van der Waals surface area (Å²) in [5, 5.41) is 11.1. The molecule has 1 aliphatic heterocycles. The number of urea groups is 1. The molecule has 2 amide bonds. The minimum atomic E-state index is -0.0771. The van der Waals surface area contributed by atoms with Gasteiger partial charge in [0.25, 0.3) is 0 Å². The highest BCUT2D eigenvalue weighted by Gasteiger charge is 2.31. The second-order valence-electron chi connectivity index (χ2n) is 5.42. The maximum absolute atomic E-state index is 12.5. The van der Waals surface area contributed by atoms with E-state index in [1.165, 1.54) is 0 Å². The second-order valence-corrected chi connectivity index (χ2v) is 5.42. The lowest BCUT2D eigenvalue weighted by atomic mass is 10.0. The van der Waals surface area contributed by atoms with E-state index in [0.717, 1.165) is 43.9 Å². The molecule has 2 aromatic rings. The van der Waals surface area contributed by atoms with Crippen molar-refractivity contribution >= 4 is 6.03 Å². The lowest BCUT2D eigenvalue weighted by Crippen LogP contribution is -2.45. The van der Waals surface area contributed by atoms with Crippen LogP contribution in [0.5, 0.6) is 0 Å². The Morgan fingerprint density at radius 1 is 1.50 bits per heavy atom. The summed E-state index contributed by atoms with van der Waals surface area (Å²) in [6.45, 7) is 4.00. The number of aryl methyl sites for hydroxylation is 1. The quantitative estimate of drug-likeness (QED) is 0.940. The largest absolute Gasteiger partial charge is 0.467 e. The zero-order valence-corrected chi connectivity index (χ0v) is 12.7. The van der Waals surface area contributed by atoms with E-state index in [9.17, 15) is 4.79 Å². The number of hydrogen-bond acceptors (Lipinski definition) is 4. The zero-order valence-electron chi connectivity index (χ0n) is 12.7. The normalized spacial score (nSPS) is 18.4. The monoisotopic (exact) mass is 303 g/mol. The molecule has 0 bridgehead atoms. The Bertz CT molecular complexity index is 607. The van der Waals surface area contributed by atoms with Crippen LogP contribution < -0.4 is 5.32 Å². The van der Waals surface area contributed by atoms with E-state index in [2.05, 4.69) is 22.4 Å². The first-order valence-electron chi connectivity index (χ1n) is 7.74. The molecular weight excluding hydrogens is 282 g/mol. The Morgan fingerprint density at radius 2 is 2.41 bits per heavy atom. The van der Waals surface area contributed by atoms with Crippen LogP contribution >= 0.6 is 0 Å². The third-order valence-electron chi connectivity index (χ3n) is 4.04. The van der Waals surface area contributed by atoms with Crippen molar-refractivity contribution in [3.63, 3.8) is 0 Å². The lowest BCUT2D eigenvalue weighted by molar-refractivity contribution is 0.144. The smallest absolute Gasteiger partial charge is 0.318 e. The van der Waals surface area contributed by atoms with Crippen LogP contribution in [0.25, 0.3) is 0 Å². The summed E-state index contributed by atoms with van der Waals surface area (Å²) >= 11 is 0. The van der Waals surface area contributed by atoms with Crippen LogP contribution in [-0.4, -0.2) is 32.2 Å². The maximum atomic E-state index is 12.5. The SMILES string of the molecule is CCn1cnnc1[C@H]1CCCCN1C(=O)NCc1ccco1. The molecule has 0 aromatic carbocycles. The van der Waals surface area contributed by atoms with E-state index in [1.807, 2.05) is 21.6 Å². The Balaban J connectivity index is 1.70. The van der Waals surface area contributed by atoms with Gasteiger partial charge in [0, 0.05) is 13.1 Å². The number of amides is 2. The molecule has 22 heavy (non-hydrogen) atoms. The number of aromatic nitrogens is 3. The molecule has 1 atom stereocenters. The number of nitrogens with zero attached hydrogens (tertiary/aromatic N) is 4. The molecule has 1 aliphatic rings. The van der Waals surface area contributed by atoms with Gasteiger partial charge in [-0.1, -0.05) is 0 Å². The summed E-state index contributed by atoms with van der Waals surface area (Å²) in [6, 6.07) is 3.58.